The Balaban J connectivity index is 2.56. The van der Waals surface area contributed by atoms with Crippen LogP contribution in [-0.2, 0) is 0 Å². The van der Waals surface area contributed by atoms with Gasteiger partial charge < -0.3 is 9.59 Å². The Bertz CT molecular complexity index is 294. The molecule has 0 spiro atoms. The maximum atomic E-state index is 10.1. The fraction of sp³-hybridized carbons (Fsp3) is 0.571. The highest BCUT2D eigenvalue weighted by atomic mass is 28.3. The van der Waals surface area contributed by atoms with Crippen LogP contribution in [0, 0.1) is 0 Å². The highest BCUT2D eigenvalue weighted by Crippen LogP contribution is 2.01. The topological polar surface area (TPSA) is 40.5 Å². The van der Waals surface area contributed by atoms with Crippen LogP contribution in [0.4, 0.5) is 0 Å². The molecule has 1 rings (SSSR count). The Morgan fingerprint density at radius 2 is 1.11 bits per heavy atom. The molecule has 0 fully saturated rings. The summed E-state index contributed by atoms with van der Waals surface area (Å²) in [6.07, 6.45) is 4.52. The minimum absolute atomic E-state index is 0.964. The molecule has 1 aromatic rings. The van der Waals surface area contributed by atoms with E-state index in [1.807, 2.05) is 24.3 Å². The summed E-state index contributed by atoms with van der Waals surface area (Å²) >= 11 is 0. The summed E-state index contributed by atoms with van der Waals surface area (Å²) < 4.78 is 0. The normalized spacial score (nSPS) is 14.4. The van der Waals surface area contributed by atoms with Crippen molar-refractivity contribution in [3.8, 4) is 0 Å². The third kappa shape index (κ3) is 5.06. The fourth-order valence-corrected chi connectivity index (χ4v) is 5.60. The smallest absolute Gasteiger partial charge is 0.204 e. The van der Waals surface area contributed by atoms with Crippen LogP contribution in [0.15, 0.2) is 24.3 Å². The lowest BCUT2D eigenvalue weighted by Crippen LogP contribution is -2.34. The van der Waals surface area contributed by atoms with Gasteiger partial charge in [0.15, 0.2) is 0 Å². The first-order chi connectivity index (χ1) is 8.69. The van der Waals surface area contributed by atoms with Gasteiger partial charge >= 0.3 is 0 Å². The van der Waals surface area contributed by atoms with E-state index in [-0.39, 0.29) is 0 Å². The molecule has 0 aromatic heterocycles. The first-order valence-electron chi connectivity index (χ1n) is 7.15. The van der Waals surface area contributed by atoms with Crippen molar-refractivity contribution in [2.45, 2.75) is 51.6 Å². The minimum Gasteiger partial charge on any atom is -0.430 e. The lowest BCUT2D eigenvalue weighted by Gasteiger charge is -2.11. The molecule has 0 aliphatic rings. The zero-order chi connectivity index (χ0) is 13.4. The van der Waals surface area contributed by atoms with Gasteiger partial charge in [0, 0.05) is 0 Å². The van der Waals surface area contributed by atoms with Crippen LogP contribution in [-0.4, -0.2) is 27.7 Å². The Hall–Kier alpha value is -0.426. The minimum atomic E-state index is -1.72. The molecule has 0 aliphatic heterocycles. The number of rotatable bonds is 8. The second-order valence-electron chi connectivity index (χ2n) is 4.98. The standard InChI is InChI=1S/C14H26O2Si2/c1-3-5-11-17(15)13-7-9-14(10-8-13)18(16)12-6-4-2/h7-10,15-18H,3-6,11-12H2,1-2H3. The largest absolute Gasteiger partial charge is 0.430 e. The van der Waals surface area contributed by atoms with Crippen molar-refractivity contribution in [1.82, 2.24) is 0 Å². The van der Waals surface area contributed by atoms with Gasteiger partial charge in [0.1, 0.15) is 0 Å². The van der Waals surface area contributed by atoms with E-state index >= 15 is 0 Å². The first-order valence-corrected chi connectivity index (χ1v) is 11.0. The molecule has 0 saturated heterocycles. The van der Waals surface area contributed by atoms with Crippen molar-refractivity contribution < 1.29 is 9.59 Å². The third-order valence-electron chi connectivity index (χ3n) is 3.37. The van der Waals surface area contributed by atoms with Crippen LogP contribution in [0.2, 0.25) is 12.1 Å². The molecular weight excluding hydrogens is 256 g/mol. The van der Waals surface area contributed by atoms with E-state index in [2.05, 4.69) is 13.8 Å². The average Bonchev–Trinajstić information content (AvgIpc) is 2.42. The molecule has 102 valence electrons. The van der Waals surface area contributed by atoms with Crippen molar-refractivity contribution >= 4 is 28.5 Å². The van der Waals surface area contributed by atoms with Gasteiger partial charge in [-0.25, -0.2) is 0 Å². The number of unbranched alkanes of at least 4 members (excludes halogenated alkanes) is 2. The molecule has 0 radical (unpaired) electrons. The van der Waals surface area contributed by atoms with E-state index in [9.17, 15) is 9.59 Å². The molecule has 0 amide bonds. The Morgan fingerprint density at radius 1 is 0.778 bits per heavy atom. The summed E-state index contributed by atoms with van der Waals surface area (Å²) in [5, 5.41) is 2.23. The molecule has 18 heavy (non-hydrogen) atoms. The van der Waals surface area contributed by atoms with Crippen LogP contribution in [0.3, 0.4) is 0 Å². The monoisotopic (exact) mass is 282 g/mol. The quantitative estimate of drug-likeness (QED) is 0.702. The first kappa shape index (κ1) is 15.6. The predicted molar refractivity (Wildman–Crippen MR) is 83.9 cm³/mol. The Labute approximate surface area is 114 Å². The van der Waals surface area contributed by atoms with Gasteiger partial charge in [0.25, 0.3) is 0 Å². The fourth-order valence-electron chi connectivity index (χ4n) is 2.07. The number of hydrogen-bond acceptors (Lipinski definition) is 2. The molecule has 0 aliphatic carbocycles. The van der Waals surface area contributed by atoms with E-state index in [1.165, 1.54) is 0 Å². The molecule has 2 N–H and O–H groups in total. The second-order valence-corrected chi connectivity index (χ2v) is 9.53. The van der Waals surface area contributed by atoms with Crippen LogP contribution >= 0.6 is 0 Å². The summed E-state index contributed by atoms with van der Waals surface area (Å²) in [5.41, 5.74) is 0. The van der Waals surface area contributed by atoms with Crippen molar-refractivity contribution in [2.24, 2.45) is 0 Å². The van der Waals surface area contributed by atoms with Gasteiger partial charge in [-0.05, 0) is 22.5 Å². The molecule has 2 nitrogen and oxygen atoms in total. The highest BCUT2D eigenvalue weighted by Gasteiger charge is 2.12. The Kier molecular flexibility index (Phi) is 7.50. The van der Waals surface area contributed by atoms with Gasteiger partial charge in [-0.2, -0.15) is 0 Å². The van der Waals surface area contributed by atoms with Gasteiger partial charge in [-0.3, -0.25) is 0 Å². The van der Waals surface area contributed by atoms with Crippen molar-refractivity contribution in [3.05, 3.63) is 24.3 Å². The summed E-state index contributed by atoms with van der Waals surface area (Å²) in [7, 11) is -3.44. The summed E-state index contributed by atoms with van der Waals surface area (Å²) in [6.45, 7) is 4.31. The maximum absolute atomic E-state index is 10.1. The van der Waals surface area contributed by atoms with Gasteiger partial charge in [0.05, 0.1) is 0 Å². The van der Waals surface area contributed by atoms with Crippen molar-refractivity contribution in [2.75, 3.05) is 0 Å². The Morgan fingerprint density at radius 3 is 1.39 bits per heavy atom. The summed E-state index contributed by atoms with van der Waals surface area (Å²) in [4.78, 5) is 20.2. The summed E-state index contributed by atoms with van der Waals surface area (Å²) in [6, 6.07) is 10.1. The number of hydrogen-bond donors (Lipinski definition) is 2. The molecule has 2 unspecified atom stereocenters. The average molecular weight is 283 g/mol. The molecule has 0 saturated carbocycles. The second kappa shape index (κ2) is 8.64. The zero-order valence-electron chi connectivity index (χ0n) is 11.6. The molecular formula is C14H26O2Si2. The van der Waals surface area contributed by atoms with E-state index in [4.69, 9.17) is 0 Å². The van der Waals surface area contributed by atoms with Crippen LogP contribution in [0.5, 0.6) is 0 Å². The van der Waals surface area contributed by atoms with E-state index in [0.717, 1.165) is 48.1 Å². The van der Waals surface area contributed by atoms with Crippen LogP contribution < -0.4 is 10.4 Å². The van der Waals surface area contributed by atoms with Gasteiger partial charge in [0.2, 0.25) is 18.1 Å². The molecule has 1 aromatic carbocycles. The molecule has 0 bridgehead atoms. The van der Waals surface area contributed by atoms with E-state index in [0.29, 0.717) is 0 Å². The highest BCUT2D eigenvalue weighted by molar-refractivity contribution is 6.68. The van der Waals surface area contributed by atoms with E-state index in [1.54, 1.807) is 0 Å². The van der Waals surface area contributed by atoms with Gasteiger partial charge in [-0.1, -0.05) is 63.8 Å². The summed E-state index contributed by atoms with van der Waals surface area (Å²) in [5.74, 6) is 0. The molecule has 4 heteroatoms. The third-order valence-corrected chi connectivity index (χ3v) is 7.59. The van der Waals surface area contributed by atoms with Crippen LogP contribution in [0.25, 0.3) is 0 Å². The maximum Gasteiger partial charge on any atom is 0.204 e. The van der Waals surface area contributed by atoms with Crippen LogP contribution in [0.1, 0.15) is 39.5 Å². The zero-order valence-corrected chi connectivity index (χ0v) is 13.9. The SMILES string of the molecule is CCCC[SiH](O)c1ccc([SiH](O)CCCC)cc1. The van der Waals surface area contributed by atoms with Crippen molar-refractivity contribution in [3.63, 3.8) is 0 Å². The lowest BCUT2D eigenvalue weighted by atomic mass is 10.4. The van der Waals surface area contributed by atoms with Crippen molar-refractivity contribution in [1.29, 1.82) is 0 Å². The molecule has 0 heterocycles. The molecule has 2 atom stereocenters. The van der Waals surface area contributed by atoms with Gasteiger partial charge in [-0.15, -0.1) is 0 Å². The number of benzene rings is 1. The lowest BCUT2D eigenvalue weighted by molar-refractivity contribution is 0.576. The predicted octanol–water partition coefficient (Wildman–Crippen LogP) is 1.13. The van der Waals surface area contributed by atoms with E-state index < -0.39 is 18.1 Å².